The van der Waals surface area contributed by atoms with E-state index in [9.17, 15) is 4.39 Å². The molecular formula is C25H18ClFN4OS. The highest BCUT2D eigenvalue weighted by molar-refractivity contribution is 7.80. The molecule has 164 valence electrons. The average Bonchev–Trinajstić information content (AvgIpc) is 3.30. The summed E-state index contributed by atoms with van der Waals surface area (Å²) in [5.41, 5.74) is 3.86. The summed E-state index contributed by atoms with van der Waals surface area (Å²) < 4.78 is 19.7. The molecule has 0 saturated heterocycles. The lowest BCUT2D eigenvalue weighted by atomic mass is 9.94. The molecule has 0 radical (unpaired) electrons. The number of benzene rings is 3. The van der Waals surface area contributed by atoms with Crippen LogP contribution in [0.1, 0.15) is 24.4 Å². The first kappa shape index (κ1) is 21.3. The molecule has 1 aliphatic heterocycles. The zero-order valence-electron chi connectivity index (χ0n) is 17.5. The summed E-state index contributed by atoms with van der Waals surface area (Å²) in [6.07, 6.45) is 0. The van der Waals surface area contributed by atoms with Gasteiger partial charge in [-0.15, -0.1) is 0 Å². The molecule has 1 aromatic heterocycles. The largest absolute Gasteiger partial charge is 0.351 e. The number of nitrogens with one attached hydrogen (secondary N) is 1. The molecule has 5 rings (SSSR count). The van der Waals surface area contributed by atoms with Crippen molar-refractivity contribution in [1.82, 2.24) is 15.5 Å². The van der Waals surface area contributed by atoms with E-state index < -0.39 is 0 Å². The Bertz CT molecular complexity index is 1350. The van der Waals surface area contributed by atoms with E-state index in [1.807, 2.05) is 61.5 Å². The predicted molar refractivity (Wildman–Crippen MR) is 131 cm³/mol. The number of rotatable bonds is 4. The van der Waals surface area contributed by atoms with E-state index in [0.29, 0.717) is 27.5 Å². The molecular weight excluding hydrogens is 459 g/mol. The first-order valence-electron chi connectivity index (χ1n) is 10.2. The second kappa shape index (κ2) is 8.77. The minimum absolute atomic E-state index is 0.350. The Hall–Kier alpha value is -3.55. The van der Waals surface area contributed by atoms with Crippen molar-refractivity contribution in [1.29, 1.82) is 0 Å². The lowest BCUT2D eigenvalue weighted by molar-refractivity contribution is 0.404. The third kappa shape index (κ3) is 4.13. The smallest absolute Gasteiger partial charge is 0.258 e. The molecule has 0 spiro atoms. The fraction of sp³-hybridized carbons (Fsp3) is 0.0800. The van der Waals surface area contributed by atoms with Crippen LogP contribution in [0.5, 0.6) is 0 Å². The van der Waals surface area contributed by atoms with Gasteiger partial charge in [0.1, 0.15) is 5.82 Å². The van der Waals surface area contributed by atoms with Crippen molar-refractivity contribution < 1.29 is 8.91 Å². The molecule has 1 N–H and O–H groups in total. The number of nitrogens with zero attached hydrogens (tertiary/aromatic N) is 3. The van der Waals surface area contributed by atoms with Crippen LogP contribution in [-0.4, -0.2) is 15.3 Å². The van der Waals surface area contributed by atoms with Gasteiger partial charge in [-0.2, -0.15) is 4.98 Å². The first-order valence-corrected chi connectivity index (χ1v) is 11.0. The number of anilines is 1. The molecule has 2 heterocycles. The van der Waals surface area contributed by atoms with Crippen LogP contribution in [0, 0.1) is 5.82 Å². The Balaban J connectivity index is 1.66. The van der Waals surface area contributed by atoms with Crippen molar-refractivity contribution in [3.63, 3.8) is 0 Å². The summed E-state index contributed by atoms with van der Waals surface area (Å²) in [5, 5.41) is 8.61. The molecule has 0 saturated carbocycles. The van der Waals surface area contributed by atoms with Gasteiger partial charge < -0.3 is 9.84 Å². The molecule has 0 fully saturated rings. The summed E-state index contributed by atoms with van der Waals surface area (Å²) in [7, 11) is 0. The van der Waals surface area contributed by atoms with Gasteiger partial charge in [-0.25, -0.2) is 4.39 Å². The standard InChI is InChI=1S/C25H18ClFN4OS/c1-15-21(24-29-23(30-32-24)17-6-3-2-4-7-17)22(16-10-12-18(26)13-11-16)28-25(33)31(15)20-9-5-8-19(27)14-20/h2-14,22H,1H3,(H,28,33). The molecule has 3 aromatic carbocycles. The maximum atomic E-state index is 14.0. The SMILES string of the molecule is CC1=C(c2nc(-c3ccccc3)no2)C(c2ccc(Cl)cc2)NC(=S)N1c1cccc(F)c1. The van der Waals surface area contributed by atoms with Crippen LogP contribution in [0.2, 0.25) is 5.02 Å². The normalized spacial score (nSPS) is 16.2. The van der Waals surface area contributed by atoms with Crippen LogP contribution in [0.15, 0.2) is 89.1 Å². The molecule has 4 aromatic rings. The molecule has 0 bridgehead atoms. The van der Waals surface area contributed by atoms with Gasteiger partial charge in [-0.3, -0.25) is 4.90 Å². The summed E-state index contributed by atoms with van der Waals surface area (Å²) in [6, 6.07) is 23.0. The number of hydrogen-bond acceptors (Lipinski definition) is 4. The quantitative estimate of drug-likeness (QED) is 0.344. The molecule has 1 aliphatic rings. The van der Waals surface area contributed by atoms with Gasteiger partial charge in [0.2, 0.25) is 5.82 Å². The summed E-state index contributed by atoms with van der Waals surface area (Å²) in [6.45, 7) is 1.91. The van der Waals surface area contributed by atoms with Crippen LogP contribution in [-0.2, 0) is 0 Å². The van der Waals surface area contributed by atoms with Gasteiger partial charge >= 0.3 is 0 Å². The number of hydrogen-bond donors (Lipinski definition) is 1. The zero-order chi connectivity index (χ0) is 22.9. The van der Waals surface area contributed by atoms with Gasteiger partial charge in [-0.1, -0.05) is 65.3 Å². The molecule has 5 nitrogen and oxygen atoms in total. The van der Waals surface area contributed by atoms with Gasteiger partial charge in [0.15, 0.2) is 5.11 Å². The Labute approximate surface area is 200 Å². The van der Waals surface area contributed by atoms with E-state index in [0.717, 1.165) is 22.4 Å². The van der Waals surface area contributed by atoms with Crippen LogP contribution >= 0.6 is 23.8 Å². The van der Waals surface area contributed by atoms with E-state index >= 15 is 0 Å². The Morgan fingerprint density at radius 3 is 2.52 bits per heavy atom. The lowest BCUT2D eigenvalue weighted by Gasteiger charge is -2.37. The maximum Gasteiger partial charge on any atom is 0.258 e. The highest BCUT2D eigenvalue weighted by Gasteiger charge is 2.34. The fourth-order valence-electron chi connectivity index (χ4n) is 3.89. The fourth-order valence-corrected chi connectivity index (χ4v) is 4.37. The maximum absolute atomic E-state index is 14.0. The van der Waals surface area contributed by atoms with Gasteiger partial charge in [0.25, 0.3) is 5.89 Å². The monoisotopic (exact) mass is 476 g/mol. The Morgan fingerprint density at radius 2 is 1.79 bits per heavy atom. The van der Waals surface area contributed by atoms with Crippen molar-refractivity contribution in [2.75, 3.05) is 4.90 Å². The first-order chi connectivity index (χ1) is 16.0. The Morgan fingerprint density at radius 1 is 1.03 bits per heavy atom. The predicted octanol–water partition coefficient (Wildman–Crippen LogP) is 6.40. The molecule has 33 heavy (non-hydrogen) atoms. The van der Waals surface area contributed by atoms with E-state index in [-0.39, 0.29) is 11.9 Å². The summed E-state index contributed by atoms with van der Waals surface area (Å²) in [4.78, 5) is 6.44. The van der Waals surface area contributed by atoms with Crippen molar-refractivity contribution >= 4 is 40.2 Å². The summed E-state index contributed by atoms with van der Waals surface area (Å²) >= 11 is 11.8. The average molecular weight is 477 g/mol. The molecule has 0 aliphatic carbocycles. The summed E-state index contributed by atoms with van der Waals surface area (Å²) in [5.74, 6) is 0.475. The van der Waals surface area contributed by atoms with Crippen LogP contribution in [0.25, 0.3) is 17.0 Å². The molecule has 1 atom stereocenters. The lowest BCUT2D eigenvalue weighted by Crippen LogP contribution is -2.46. The molecule has 0 amide bonds. The highest BCUT2D eigenvalue weighted by Crippen LogP contribution is 2.39. The third-order valence-corrected chi connectivity index (χ3v) is 6.00. The number of halogens is 2. The topological polar surface area (TPSA) is 54.2 Å². The van der Waals surface area contributed by atoms with Gasteiger partial charge in [0, 0.05) is 16.3 Å². The molecule has 1 unspecified atom stereocenters. The second-order valence-electron chi connectivity index (χ2n) is 7.54. The van der Waals surface area contributed by atoms with Crippen molar-refractivity contribution in [3.8, 4) is 11.4 Å². The highest BCUT2D eigenvalue weighted by atomic mass is 35.5. The zero-order valence-corrected chi connectivity index (χ0v) is 19.1. The van der Waals surface area contributed by atoms with Crippen molar-refractivity contribution in [3.05, 3.63) is 107 Å². The van der Waals surface area contributed by atoms with Crippen LogP contribution < -0.4 is 10.2 Å². The van der Waals surface area contributed by atoms with Crippen molar-refractivity contribution in [2.45, 2.75) is 13.0 Å². The van der Waals surface area contributed by atoms with Gasteiger partial charge in [0.05, 0.1) is 17.3 Å². The number of thiocarbonyl (C=S) groups is 1. The van der Waals surface area contributed by atoms with Crippen molar-refractivity contribution in [2.24, 2.45) is 0 Å². The Kier molecular flexibility index (Phi) is 5.66. The number of aromatic nitrogens is 2. The van der Waals surface area contributed by atoms with Crippen LogP contribution in [0.4, 0.5) is 10.1 Å². The van der Waals surface area contributed by atoms with Gasteiger partial charge in [-0.05, 0) is 55.0 Å². The number of allylic oxidation sites excluding steroid dienone is 1. The van der Waals surface area contributed by atoms with E-state index in [2.05, 4.69) is 15.5 Å². The molecule has 8 heteroatoms. The minimum atomic E-state index is -0.358. The minimum Gasteiger partial charge on any atom is -0.351 e. The second-order valence-corrected chi connectivity index (χ2v) is 8.36. The van der Waals surface area contributed by atoms with Crippen LogP contribution in [0.3, 0.4) is 0 Å². The van der Waals surface area contributed by atoms with E-state index in [1.165, 1.54) is 12.1 Å². The van der Waals surface area contributed by atoms with E-state index in [1.54, 1.807) is 17.0 Å². The van der Waals surface area contributed by atoms with E-state index in [4.69, 9.17) is 28.3 Å². The third-order valence-electron chi connectivity index (χ3n) is 5.44.